The van der Waals surface area contributed by atoms with Crippen LogP contribution in [0.15, 0.2) is 52.3 Å². The summed E-state index contributed by atoms with van der Waals surface area (Å²) in [5.74, 6) is 0.703. The van der Waals surface area contributed by atoms with Crippen LogP contribution in [0, 0.1) is 0 Å². The number of nitrogens with one attached hydrogen (secondary N) is 1. The molecule has 5 heteroatoms. The molecule has 2 aromatic rings. The molecule has 0 spiro atoms. The molecule has 1 N–H and O–H groups in total. The summed E-state index contributed by atoms with van der Waals surface area (Å²) >= 11 is 3.29. The number of hydrazone groups is 1. The van der Waals surface area contributed by atoms with Crippen LogP contribution in [-0.2, 0) is 0 Å². The third kappa shape index (κ3) is 3.13. The van der Waals surface area contributed by atoms with Crippen molar-refractivity contribution in [3.63, 3.8) is 0 Å². The van der Waals surface area contributed by atoms with Crippen LogP contribution in [0.25, 0.3) is 0 Å². The molecule has 0 fully saturated rings. The van der Waals surface area contributed by atoms with Crippen LogP contribution in [0.5, 0.6) is 0 Å². The fourth-order valence-electron chi connectivity index (χ4n) is 1.09. The maximum absolute atomic E-state index is 4.21. The van der Waals surface area contributed by atoms with Crippen molar-refractivity contribution in [2.75, 3.05) is 5.43 Å². The minimum Gasteiger partial charge on any atom is -0.261 e. The van der Waals surface area contributed by atoms with Crippen molar-refractivity contribution in [3.8, 4) is 0 Å². The van der Waals surface area contributed by atoms with Crippen molar-refractivity contribution in [2.24, 2.45) is 5.10 Å². The molecule has 0 aliphatic carbocycles. The summed E-state index contributed by atoms with van der Waals surface area (Å²) in [6.07, 6.45) is 3.34. The van der Waals surface area contributed by atoms with E-state index >= 15 is 0 Å². The molecule has 0 unspecified atom stereocenters. The van der Waals surface area contributed by atoms with Gasteiger partial charge in [-0.1, -0.05) is 12.1 Å². The number of hydrogen-bond donors (Lipinski definition) is 1. The van der Waals surface area contributed by atoms with Crippen molar-refractivity contribution in [2.45, 2.75) is 0 Å². The number of aromatic nitrogens is 2. The molecule has 0 saturated heterocycles. The SMILES string of the molecule is Brc1cccc(C=NNc2ccccn2)n1. The first kappa shape index (κ1) is 10.8. The molecule has 0 bridgehead atoms. The Bertz CT molecular complexity index is 484. The lowest BCUT2D eigenvalue weighted by atomic mass is 10.4. The van der Waals surface area contributed by atoms with Gasteiger partial charge >= 0.3 is 0 Å². The van der Waals surface area contributed by atoms with Crippen molar-refractivity contribution < 1.29 is 0 Å². The first-order chi connectivity index (χ1) is 7.84. The minimum absolute atomic E-state index is 0.703. The third-order valence-corrected chi connectivity index (χ3v) is 2.22. The average molecular weight is 277 g/mol. The molecule has 0 aliphatic rings. The second kappa shape index (κ2) is 5.37. The maximum Gasteiger partial charge on any atom is 0.146 e. The molecule has 0 aromatic carbocycles. The van der Waals surface area contributed by atoms with Gasteiger partial charge in [-0.3, -0.25) is 5.43 Å². The number of pyridine rings is 2. The Kier molecular flexibility index (Phi) is 3.61. The smallest absolute Gasteiger partial charge is 0.146 e. The van der Waals surface area contributed by atoms with Crippen LogP contribution in [0.3, 0.4) is 0 Å². The Hall–Kier alpha value is -1.75. The predicted octanol–water partition coefficient (Wildman–Crippen LogP) is 2.69. The van der Waals surface area contributed by atoms with E-state index < -0.39 is 0 Å². The molecule has 4 nitrogen and oxygen atoms in total. The normalized spacial score (nSPS) is 10.6. The van der Waals surface area contributed by atoms with Crippen molar-refractivity contribution >= 4 is 28.0 Å². The van der Waals surface area contributed by atoms with Gasteiger partial charge in [-0.05, 0) is 40.2 Å². The van der Waals surface area contributed by atoms with Gasteiger partial charge < -0.3 is 0 Å². The lowest BCUT2D eigenvalue weighted by Gasteiger charge is -1.97. The third-order valence-electron chi connectivity index (χ3n) is 1.78. The number of rotatable bonds is 3. The molecule has 0 saturated carbocycles. The monoisotopic (exact) mass is 276 g/mol. The molecule has 80 valence electrons. The van der Waals surface area contributed by atoms with Crippen molar-refractivity contribution in [1.82, 2.24) is 9.97 Å². The molecule has 0 atom stereocenters. The van der Waals surface area contributed by atoms with Crippen molar-refractivity contribution in [1.29, 1.82) is 0 Å². The summed E-state index contributed by atoms with van der Waals surface area (Å²) < 4.78 is 0.786. The highest BCUT2D eigenvalue weighted by Crippen LogP contribution is 2.05. The Labute approximate surface area is 102 Å². The minimum atomic E-state index is 0.703. The van der Waals surface area contributed by atoms with Gasteiger partial charge in [0.1, 0.15) is 10.4 Å². The van der Waals surface area contributed by atoms with E-state index in [2.05, 4.69) is 36.4 Å². The van der Waals surface area contributed by atoms with E-state index in [0.29, 0.717) is 5.82 Å². The molecule has 2 heterocycles. The maximum atomic E-state index is 4.21. The highest BCUT2D eigenvalue weighted by atomic mass is 79.9. The van der Waals surface area contributed by atoms with Crippen LogP contribution in [0.1, 0.15) is 5.69 Å². The Morgan fingerprint density at radius 2 is 2.12 bits per heavy atom. The summed E-state index contributed by atoms with van der Waals surface area (Å²) in [5.41, 5.74) is 3.59. The fourth-order valence-corrected chi connectivity index (χ4v) is 1.45. The quantitative estimate of drug-likeness (QED) is 0.533. The van der Waals surface area contributed by atoms with Gasteiger partial charge in [0.2, 0.25) is 0 Å². The van der Waals surface area contributed by atoms with Crippen LogP contribution >= 0.6 is 15.9 Å². The molecule has 0 radical (unpaired) electrons. The van der Waals surface area contributed by atoms with Gasteiger partial charge in [-0.2, -0.15) is 5.10 Å². The molecule has 0 aliphatic heterocycles. The van der Waals surface area contributed by atoms with E-state index in [9.17, 15) is 0 Å². The van der Waals surface area contributed by atoms with E-state index in [1.165, 1.54) is 0 Å². The van der Waals surface area contributed by atoms with E-state index in [4.69, 9.17) is 0 Å². The van der Waals surface area contributed by atoms with Gasteiger partial charge in [-0.25, -0.2) is 9.97 Å². The van der Waals surface area contributed by atoms with Crippen LogP contribution in [0.4, 0.5) is 5.82 Å². The highest BCUT2D eigenvalue weighted by molar-refractivity contribution is 9.10. The summed E-state index contributed by atoms with van der Waals surface area (Å²) in [6.45, 7) is 0. The molecule has 0 amide bonds. The van der Waals surface area contributed by atoms with Crippen LogP contribution in [0.2, 0.25) is 0 Å². The van der Waals surface area contributed by atoms with E-state index in [-0.39, 0.29) is 0 Å². The topological polar surface area (TPSA) is 50.2 Å². The summed E-state index contributed by atoms with van der Waals surface area (Å²) in [6, 6.07) is 11.2. The number of anilines is 1. The number of nitrogens with zero attached hydrogens (tertiary/aromatic N) is 3. The van der Waals surface area contributed by atoms with E-state index in [1.54, 1.807) is 12.4 Å². The largest absolute Gasteiger partial charge is 0.261 e. The zero-order valence-corrected chi connectivity index (χ0v) is 9.92. The standard InChI is InChI=1S/C11H9BrN4/c12-10-5-3-4-9(15-10)8-14-16-11-6-1-2-7-13-11/h1-8H,(H,13,16). The van der Waals surface area contributed by atoms with Gasteiger partial charge in [0.25, 0.3) is 0 Å². The lowest BCUT2D eigenvalue weighted by Crippen LogP contribution is -1.94. The fraction of sp³-hybridized carbons (Fsp3) is 0. The Balaban J connectivity index is 2.00. The first-order valence-electron chi connectivity index (χ1n) is 4.67. The molecule has 16 heavy (non-hydrogen) atoms. The second-order valence-electron chi connectivity index (χ2n) is 2.97. The molecule has 2 rings (SSSR count). The molecular weight excluding hydrogens is 268 g/mol. The van der Waals surface area contributed by atoms with Crippen LogP contribution in [-0.4, -0.2) is 16.2 Å². The van der Waals surface area contributed by atoms with Gasteiger partial charge in [0.05, 0.1) is 11.9 Å². The second-order valence-corrected chi connectivity index (χ2v) is 3.78. The lowest BCUT2D eigenvalue weighted by molar-refractivity contribution is 1.21. The molecule has 2 aromatic heterocycles. The number of hydrogen-bond acceptors (Lipinski definition) is 4. The molecular formula is C11H9BrN4. The Morgan fingerprint density at radius 3 is 2.88 bits per heavy atom. The average Bonchev–Trinajstić information content (AvgIpc) is 2.30. The zero-order chi connectivity index (χ0) is 11.2. The van der Waals surface area contributed by atoms with Crippen molar-refractivity contribution in [3.05, 3.63) is 52.9 Å². The Morgan fingerprint density at radius 1 is 1.19 bits per heavy atom. The first-order valence-corrected chi connectivity index (χ1v) is 5.46. The summed E-state index contributed by atoms with van der Waals surface area (Å²) in [5, 5.41) is 4.03. The highest BCUT2D eigenvalue weighted by Gasteiger charge is 1.91. The van der Waals surface area contributed by atoms with Crippen LogP contribution < -0.4 is 5.43 Å². The van der Waals surface area contributed by atoms with Gasteiger partial charge in [0, 0.05) is 6.20 Å². The van der Waals surface area contributed by atoms with Gasteiger partial charge in [-0.15, -0.1) is 0 Å². The number of halogens is 1. The summed E-state index contributed by atoms with van der Waals surface area (Å²) in [4.78, 5) is 8.28. The zero-order valence-electron chi connectivity index (χ0n) is 8.34. The van der Waals surface area contributed by atoms with Gasteiger partial charge in [0.15, 0.2) is 0 Å². The summed E-state index contributed by atoms with van der Waals surface area (Å²) in [7, 11) is 0. The van der Waals surface area contributed by atoms with E-state index in [0.717, 1.165) is 10.3 Å². The predicted molar refractivity (Wildman–Crippen MR) is 67.4 cm³/mol. The van der Waals surface area contributed by atoms with E-state index in [1.807, 2.05) is 36.4 Å².